The molecule has 5 heteroatoms. The predicted molar refractivity (Wildman–Crippen MR) is 73.5 cm³/mol. The Morgan fingerprint density at radius 3 is 2.78 bits per heavy atom. The van der Waals surface area contributed by atoms with Crippen molar-refractivity contribution in [2.75, 3.05) is 11.5 Å². The van der Waals surface area contributed by atoms with Crippen molar-refractivity contribution in [3.63, 3.8) is 0 Å². The fraction of sp³-hybridized carbons (Fsp3) is 0.846. The Labute approximate surface area is 113 Å². The number of thioether (sulfide) groups is 1. The van der Waals surface area contributed by atoms with E-state index in [-0.39, 0.29) is 23.9 Å². The number of likely N-dealkylation sites (tertiary alicyclic amines) is 1. The van der Waals surface area contributed by atoms with E-state index in [2.05, 4.69) is 19.2 Å². The monoisotopic (exact) mass is 270 g/mol. The van der Waals surface area contributed by atoms with E-state index in [0.717, 1.165) is 30.8 Å². The largest absolute Gasteiger partial charge is 0.303 e. The summed E-state index contributed by atoms with van der Waals surface area (Å²) in [5.41, 5.74) is 0. The first-order valence-electron chi connectivity index (χ1n) is 6.83. The van der Waals surface area contributed by atoms with Gasteiger partial charge in [-0.2, -0.15) is 11.8 Å². The lowest BCUT2D eigenvalue weighted by molar-refractivity contribution is -0.139. The summed E-state index contributed by atoms with van der Waals surface area (Å²) < 4.78 is 0. The molecule has 1 heterocycles. The van der Waals surface area contributed by atoms with Crippen molar-refractivity contribution in [2.45, 2.75) is 57.7 Å². The molecule has 1 aliphatic carbocycles. The Balaban J connectivity index is 1.79. The summed E-state index contributed by atoms with van der Waals surface area (Å²) in [6.07, 6.45) is 3.38. The van der Waals surface area contributed by atoms with Gasteiger partial charge in [-0.05, 0) is 37.7 Å². The summed E-state index contributed by atoms with van der Waals surface area (Å²) in [6, 6.07) is 0.229. The van der Waals surface area contributed by atoms with Gasteiger partial charge in [-0.25, -0.2) is 0 Å². The van der Waals surface area contributed by atoms with Gasteiger partial charge in [0.05, 0.1) is 12.5 Å². The second-order valence-electron chi connectivity index (χ2n) is 5.14. The van der Waals surface area contributed by atoms with Gasteiger partial charge in [0, 0.05) is 12.1 Å². The van der Waals surface area contributed by atoms with Crippen molar-refractivity contribution in [1.82, 2.24) is 10.2 Å². The van der Waals surface area contributed by atoms with Crippen LogP contribution < -0.4 is 5.32 Å². The molecule has 0 radical (unpaired) electrons. The second-order valence-corrected chi connectivity index (χ2v) is 6.54. The van der Waals surface area contributed by atoms with Crippen LogP contribution >= 0.6 is 11.8 Å². The highest BCUT2D eigenvalue weighted by molar-refractivity contribution is 7.99. The number of nitrogens with one attached hydrogen (secondary N) is 1. The molecule has 0 aromatic rings. The molecule has 2 atom stereocenters. The fourth-order valence-corrected chi connectivity index (χ4v) is 3.14. The van der Waals surface area contributed by atoms with Crippen LogP contribution in [0.3, 0.4) is 0 Å². The first-order chi connectivity index (χ1) is 8.63. The molecule has 18 heavy (non-hydrogen) atoms. The number of rotatable bonds is 7. The van der Waals surface area contributed by atoms with Gasteiger partial charge in [-0.3, -0.25) is 14.5 Å². The van der Waals surface area contributed by atoms with Crippen molar-refractivity contribution in [3.05, 3.63) is 0 Å². The van der Waals surface area contributed by atoms with Crippen molar-refractivity contribution >= 4 is 23.6 Å². The lowest BCUT2D eigenvalue weighted by atomic mass is 10.2. The standard InChI is InChI=1S/C13H22N2O2S/c1-3-18-7-6-9(2)14-11-8-12(16)15(13(11)17)10-4-5-10/h9-11,14H,3-8H2,1-2H3. The van der Waals surface area contributed by atoms with E-state index in [1.165, 1.54) is 4.90 Å². The van der Waals surface area contributed by atoms with Crippen LogP contribution in [0.5, 0.6) is 0 Å². The number of imide groups is 1. The predicted octanol–water partition coefficient (Wildman–Crippen LogP) is 1.40. The van der Waals surface area contributed by atoms with Gasteiger partial charge in [-0.1, -0.05) is 6.92 Å². The summed E-state index contributed by atoms with van der Waals surface area (Å²) >= 11 is 1.91. The summed E-state index contributed by atoms with van der Waals surface area (Å²) in [4.78, 5) is 25.4. The SMILES string of the molecule is CCSCCC(C)NC1CC(=O)N(C2CC2)C1=O. The summed E-state index contributed by atoms with van der Waals surface area (Å²) in [5.74, 6) is 2.24. The third kappa shape index (κ3) is 3.26. The lowest BCUT2D eigenvalue weighted by Gasteiger charge is -2.18. The number of hydrogen-bond donors (Lipinski definition) is 1. The fourth-order valence-electron chi connectivity index (χ4n) is 2.33. The molecule has 2 fully saturated rings. The number of hydrogen-bond acceptors (Lipinski definition) is 4. The number of carbonyl (C=O) groups is 2. The first kappa shape index (κ1) is 13.9. The second kappa shape index (κ2) is 6.06. The Kier molecular flexibility index (Phi) is 4.67. The molecule has 0 spiro atoms. The van der Waals surface area contributed by atoms with Crippen molar-refractivity contribution in [3.8, 4) is 0 Å². The highest BCUT2D eigenvalue weighted by Crippen LogP contribution is 2.31. The normalized spacial score (nSPS) is 25.9. The molecule has 2 aliphatic rings. The average Bonchev–Trinajstić information content (AvgIpc) is 3.09. The van der Waals surface area contributed by atoms with Crippen molar-refractivity contribution in [2.24, 2.45) is 0 Å². The molecule has 102 valence electrons. The Hall–Kier alpha value is -0.550. The Bertz CT molecular complexity index is 331. The zero-order valence-corrected chi connectivity index (χ0v) is 12.0. The molecular formula is C13H22N2O2S. The van der Waals surface area contributed by atoms with Crippen LogP contribution in [0, 0.1) is 0 Å². The van der Waals surface area contributed by atoms with E-state index < -0.39 is 0 Å². The highest BCUT2D eigenvalue weighted by atomic mass is 32.2. The molecule has 2 rings (SSSR count). The molecule has 1 aliphatic heterocycles. The molecule has 0 aromatic carbocycles. The van der Waals surface area contributed by atoms with Gasteiger partial charge in [0.15, 0.2) is 0 Å². The van der Waals surface area contributed by atoms with E-state index >= 15 is 0 Å². The van der Waals surface area contributed by atoms with Crippen LogP contribution in [0.4, 0.5) is 0 Å². The highest BCUT2D eigenvalue weighted by Gasteiger charge is 2.46. The Morgan fingerprint density at radius 1 is 1.44 bits per heavy atom. The molecule has 2 unspecified atom stereocenters. The quantitative estimate of drug-likeness (QED) is 0.561. The average molecular weight is 270 g/mol. The van der Waals surface area contributed by atoms with E-state index in [9.17, 15) is 9.59 Å². The minimum absolute atomic E-state index is 0.00232. The van der Waals surface area contributed by atoms with Crippen LogP contribution in [0.2, 0.25) is 0 Å². The molecular weight excluding hydrogens is 248 g/mol. The van der Waals surface area contributed by atoms with Crippen molar-refractivity contribution < 1.29 is 9.59 Å². The van der Waals surface area contributed by atoms with Crippen LogP contribution in [0.25, 0.3) is 0 Å². The van der Waals surface area contributed by atoms with Crippen molar-refractivity contribution in [1.29, 1.82) is 0 Å². The third-order valence-electron chi connectivity index (χ3n) is 3.48. The number of carbonyl (C=O) groups excluding carboxylic acids is 2. The lowest BCUT2D eigenvalue weighted by Crippen LogP contribution is -2.43. The van der Waals surface area contributed by atoms with E-state index in [0.29, 0.717) is 12.5 Å². The Morgan fingerprint density at radius 2 is 2.17 bits per heavy atom. The van der Waals surface area contributed by atoms with Gasteiger partial charge in [-0.15, -0.1) is 0 Å². The van der Waals surface area contributed by atoms with Crippen LogP contribution in [0.1, 0.15) is 39.5 Å². The van der Waals surface area contributed by atoms with Gasteiger partial charge in [0.2, 0.25) is 11.8 Å². The van der Waals surface area contributed by atoms with Crippen LogP contribution in [0.15, 0.2) is 0 Å². The molecule has 4 nitrogen and oxygen atoms in total. The summed E-state index contributed by atoms with van der Waals surface area (Å²) in [6.45, 7) is 4.24. The molecule has 1 saturated heterocycles. The van der Waals surface area contributed by atoms with E-state index in [1.54, 1.807) is 0 Å². The van der Waals surface area contributed by atoms with Gasteiger partial charge >= 0.3 is 0 Å². The maximum Gasteiger partial charge on any atom is 0.247 e. The molecule has 0 aromatic heterocycles. The topological polar surface area (TPSA) is 49.4 Å². The number of nitrogens with zero attached hydrogens (tertiary/aromatic N) is 1. The summed E-state index contributed by atoms with van der Waals surface area (Å²) in [5, 5.41) is 3.31. The molecule has 1 N–H and O–H groups in total. The maximum atomic E-state index is 12.1. The first-order valence-corrected chi connectivity index (χ1v) is 7.98. The molecule has 0 bridgehead atoms. The number of amides is 2. The minimum atomic E-state index is -0.278. The van der Waals surface area contributed by atoms with E-state index in [1.807, 2.05) is 11.8 Å². The zero-order valence-electron chi connectivity index (χ0n) is 11.1. The van der Waals surface area contributed by atoms with E-state index in [4.69, 9.17) is 0 Å². The molecule has 2 amide bonds. The minimum Gasteiger partial charge on any atom is -0.303 e. The van der Waals surface area contributed by atoms with Crippen LogP contribution in [-0.2, 0) is 9.59 Å². The third-order valence-corrected chi connectivity index (χ3v) is 4.41. The molecule has 1 saturated carbocycles. The maximum absolute atomic E-state index is 12.1. The van der Waals surface area contributed by atoms with Crippen LogP contribution in [-0.4, -0.2) is 46.3 Å². The van der Waals surface area contributed by atoms with Gasteiger partial charge < -0.3 is 5.32 Å². The zero-order chi connectivity index (χ0) is 13.1. The van der Waals surface area contributed by atoms with Gasteiger partial charge in [0.1, 0.15) is 0 Å². The van der Waals surface area contributed by atoms with Gasteiger partial charge in [0.25, 0.3) is 0 Å². The smallest absolute Gasteiger partial charge is 0.247 e. The summed E-state index contributed by atoms with van der Waals surface area (Å²) in [7, 11) is 0.